The number of hydrogen-bond donors (Lipinski definition) is 0. The first-order chi connectivity index (χ1) is 7.16. The minimum atomic E-state index is 0.137. The van der Waals surface area contributed by atoms with Crippen LogP contribution in [0.15, 0.2) is 24.3 Å². The molecule has 0 unspecified atom stereocenters. The lowest BCUT2D eigenvalue weighted by Crippen LogP contribution is -2.28. The van der Waals surface area contributed by atoms with E-state index in [1.165, 1.54) is 12.8 Å². The second kappa shape index (κ2) is 4.51. The normalized spacial score (nSPS) is 15.1. The van der Waals surface area contributed by atoms with Crippen LogP contribution in [0.2, 0.25) is 0 Å². The van der Waals surface area contributed by atoms with E-state index in [1.54, 1.807) is 0 Å². The summed E-state index contributed by atoms with van der Waals surface area (Å²) < 4.78 is 1.16. The summed E-state index contributed by atoms with van der Waals surface area (Å²) in [5.41, 5.74) is 0.790. The van der Waals surface area contributed by atoms with Crippen LogP contribution in [-0.2, 0) is 0 Å². The molecule has 1 saturated carbocycles. The van der Waals surface area contributed by atoms with Crippen molar-refractivity contribution in [1.29, 1.82) is 0 Å². The Bertz CT molecular complexity index is 356. The van der Waals surface area contributed by atoms with Crippen LogP contribution in [-0.4, -0.2) is 24.4 Å². The molecule has 0 bridgehead atoms. The molecule has 0 heterocycles. The fraction of sp³-hybridized carbons (Fsp3) is 0.417. The zero-order valence-electron chi connectivity index (χ0n) is 8.74. The summed E-state index contributed by atoms with van der Waals surface area (Å²) in [7, 11) is 1.89. The number of carbonyl (C=O) groups is 1. The van der Waals surface area contributed by atoms with Crippen molar-refractivity contribution in [2.45, 2.75) is 12.8 Å². The highest BCUT2D eigenvalue weighted by Gasteiger charge is 2.25. The maximum atomic E-state index is 11.9. The molecular weight excluding hydrogens is 301 g/mol. The molecule has 0 saturated heterocycles. The van der Waals surface area contributed by atoms with Gasteiger partial charge in [-0.1, -0.05) is 0 Å². The standard InChI is InChI=1S/C12H14INO/c1-14(8-9-2-3-9)12(15)10-4-6-11(13)7-5-10/h4-7,9H,2-3,8H2,1H3. The predicted octanol–water partition coefficient (Wildman–Crippen LogP) is 2.77. The Hall–Kier alpha value is -0.580. The van der Waals surface area contributed by atoms with Gasteiger partial charge in [-0.3, -0.25) is 4.79 Å². The molecule has 1 aliphatic rings. The van der Waals surface area contributed by atoms with Gasteiger partial charge in [0.1, 0.15) is 0 Å². The minimum Gasteiger partial charge on any atom is -0.341 e. The third kappa shape index (κ3) is 2.93. The zero-order valence-corrected chi connectivity index (χ0v) is 10.9. The summed E-state index contributed by atoms with van der Waals surface area (Å²) >= 11 is 2.24. The molecule has 1 amide bonds. The molecule has 0 spiro atoms. The Morgan fingerprint density at radius 2 is 2.00 bits per heavy atom. The van der Waals surface area contributed by atoms with Gasteiger partial charge in [0.2, 0.25) is 0 Å². The largest absolute Gasteiger partial charge is 0.341 e. The highest BCUT2D eigenvalue weighted by atomic mass is 127. The number of hydrogen-bond acceptors (Lipinski definition) is 1. The van der Waals surface area contributed by atoms with Crippen LogP contribution in [0.1, 0.15) is 23.2 Å². The summed E-state index contributed by atoms with van der Waals surface area (Å²) in [6, 6.07) is 7.73. The smallest absolute Gasteiger partial charge is 0.253 e. The monoisotopic (exact) mass is 315 g/mol. The van der Waals surface area contributed by atoms with Crippen molar-refractivity contribution < 1.29 is 4.79 Å². The SMILES string of the molecule is CN(CC1CC1)C(=O)c1ccc(I)cc1. The van der Waals surface area contributed by atoms with Crippen molar-refractivity contribution in [2.24, 2.45) is 5.92 Å². The van der Waals surface area contributed by atoms with Crippen LogP contribution >= 0.6 is 22.6 Å². The second-order valence-electron chi connectivity index (χ2n) is 4.14. The van der Waals surface area contributed by atoms with Crippen molar-refractivity contribution in [1.82, 2.24) is 4.90 Å². The van der Waals surface area contributed by atoms with Gasteiger partial charge in [0.05, 0.1) is 0 Å². The molecule has 80 valence electrons. The van der Waals surface area contributed by atoms with E-state index in [9.17, 15) is 4.79 Å². The van der Waals surface area contributed by atoms with Gasteiger partial charge >= 0.3 is 0 Å². The third-order valence-electron chi connectivity index (χ3n) is 2.67. The highest BCUT2D eigenvalue weighted by molar-refractivity contribution is 14.1. The van der Waals surface area contributed by atoms with Crippen LogP contribution in [0.4, 0.5) is 0 Å². The molecule has 1 aromatic rings. The number of nitrogens with zero attached hydrogens (tertiary/aromatic N) is 1. The molecular formula is C12H14INO. The molecule has 0 aromatic heterocycles. The van der Waals surface area contributed by atoms with Crippen molar-refractivity contribution >= 4 is 28.5 Å². The molecule has 0 radical (unpaired) electrons. The number of benzene rings is 1. The highest BCUT2D eigenvalue weighted by Crippen LogP contribution is 2.29. The van der Waals surface area contributed by atoms with E-state index in [1.807, 2.05) is 36.2 Å². The van der Waals surface area contributed by atoms with Crippen molar-refractivity contribution in [2.75, 3.05) is 13.6 Å². The lowest BCUT2D eigenvalue weighted by Gasteiger charge is -2.16. The van der Waals surface area contributed by atoms with Gasteiger partial charge in [-0.05, 0) is 65.6 Å². The first-order valence-corrected chi connectivity index (χ1v) is 6.26. The molecule has 0 aliphatic heterocycles. The Balaban J connectivity index is 2.02. The molecule has 0 N–H and O–H groups in total. The van der Waals surface area contributed by atoms with Gasteiger partial charge in [-0.2, -0.15) is 0 Å². The van der Waals surface area contributed by atoms with E-state index < -0.39 is 0 Å². The second-order valence-corrected chi connectivity index (χ2v) is 5.38. The molecule has 1 aromatic carbocycles. The fourth-order valence-corrected chi connectivity index (χ4v) is 1.94. The van der Waals surface area contributed by atoms with Crippen molar-refractivity contribution in [3.05, 3.63) is 33.4 Å². The van der Waals surface area contributed by atoms with Gasteiger partial charge in [-0.25, -0.2) is 0 Å². The van der Waals surface area contributed by atoms with Crippen LogP contribution < -0.4 is 0 Å². The van der Waals surface area contributed by atoms with E-state index in [0.717, 1.165) is 21.6 Å². The third-order valence-corrected chi connectivity index (χ3v) is 3.39. The van der Waals surface area contributed by atoms with Gasteiger partial charge in [0, 0.05) is 22.7 Å². The van der Waals surface area contributed by atoms with Crippen LogP contribution in [0.5, 0.6) is 0 Å². The Morgan fingerprint density at radius 3 is 2.53 bits per heavy atom. The topological polar surface area (TPSA) is 20.3 Å². The van der Waals surface area contributed by atoms with Crippen LogP contribution in [0.25, 0.3) is 0 Å². The quantitative estimate of drug-likeness (QED) is 0.786. The minimum absolute atomic E-state index is 0.137. The van der Waals surface area contributed by atoms with Gasteiger partial charge in [0.25, 0.3) is 5.91 Å². The summed E-state index contributed by atoms with van der Waals surface area (Å²) in [5.74, 6) is 0.890. The predicted molar refractivity (Wildman–Crippen MR) is 68.8 cm³/mol. The zero-order chi connectivity index (χ0) is 10.8. The first-order valence-electron chi connectivity index (χ1n) is 5.18. The number of rotatable bonds is 3. The fourth-order valence-electron chi connectivity index (χ4n) is 1.58. The Kier molecular flexibility index (Phi) is 3.29. The van der Waals surface area contributed by atoms with E-state index >= 15 is 0 Å². The Labute approximate surface area is 104 Å². The molecule has 2 nitrogen and oxygen atoms in total. The van der Waals surface area contributed by atoms with Gasteiger partial charge in [0.15, 0.2) is 0 Å². The van der Waals surface area contributed by atoms with E-state index in [4.69, 9.17) is 0 Å². The maximum absolute atomic E-state index is 11.9. The van der Waals surface area contributed by atoms with Crippen molar-refractivity contribution in [3.63, 3.8) is 0 Å². The maximum Gasteiger partial charge on any atom is 0.253 e. The van der Waals surface area contributed by atoms with Gasteiger partial charge < -0.3 is 4.90 Å². The molecule has 1 aliphatic carbocycles. The molecule has 3 heteroatoms. The molecule has 2 rings (SSSR count). The number of amides is 1. The van der Waals surface area contributed by atoms with Crippen LogP contribution in [0.3, 0.4) is 0 Å². The molecule has 0 atom stereocenters. The number of carbonyl (C=O) groups excluding carboxylic acids is 1. The van der Waals surface area contributed by atoms with E-state index in [0.29, 0.717) is 0 Å². The lowest BCUT2D eigenvalue weighted by molar-refractivity contribution is 0.0788. The van der Waals surface area contributed by atoms with Crippen molar-refractivity contribution in [3.8, 4) is 0 Å². The Morgan fingerprint density at radius 1 is 1.40 bits per heavy atom. The number of halogens is 1. The van der Waals surface area contributed by atoms with Gasteiger partial charge in [-0.15, -0.1) is 0 Å². The average Bonchev–Trinajstić information content (AvgIpc) is 3.02. The van der Waals surface area contributed by atoms with E-state index in [-0.39, 0.29) is 5.91 Å². The van der Waals surface area contributed by atoms with E-state index in [2.05, 4.69) is 22.6 Å². The average molecular weight is 315 g/mol. The molecule has 15 heavy (non-hydrogen) atoms. The summed E-state index contributed by atoms with van der Waals surface area (Å²) in [6.07, 6.45) is 2.56. The summed E-state index contributed by atoms with van der Waals surface area (Å²) in [6.45, 7) is 0.908. The van der Waals surface area contributed by atoms with Crippen LogP contribution in [0, 0.1) is 9.49 Å². The summed E-state index contributed by atoms with van der Waals surface area (Å²) in [5, 5.41) is 0. The lowest BCUT2D eigenvalue weighted by atomic mass is 10.2. The molecule has 1 fully saturated rings. The first kappa shape index (κ1) is 10.9. The summed E-state index contributed by atoms with van der Waals surface area (Å²) in [4.78, 5) is 13.8.